The third-order valence-electron chi connectivity index (χ3n) is 2.11. The van der Waals surface area contributed by atoms with Crippen molar-refractivity contribution in [2.45, 2.75) is 12.2 Å². The van der Waals surface area contributed by atoms with Gasteiger partial charge in [-0.2, -0.15) is 0 Å². The monoisotopic (exact) mass is 296 g/mol. The number of alkyl halides is 1. The van der Waals surface area contributed by atoms with E-state index in [0.717, 1.165) is 12.1 Å². The molecule has 0 aliphatic rings. The molecular weight excluding hydrogens is 286 g/mol. The summed E-state index contributed by atoms with van der Waals surface area (Å²) in [6.45, 7) is 0. The number of ether oxygens (including phenoxy) is 1. The molecule has 0 aliphatic heterocycles. The molecule has 2 N–H and O–H groups in total. The Hall–Kier alpha value is -0.720. The normalized spacial score (nSPS) is 14.6. The van der Waals surface area contributed by atoms with Crippen LogP contribution in [0.4, 0.5) is 8.78 Å². The number of aliphatic hydroxyl groups excluding tert-OH is 2. The number of halogens is 3. The Morgan fingerprint density at radius 1 is 1.31 bits per heavy atom. The van der Waals surface area contributed by atoms with Crippen LogP contribution >= 0.6 is 15.9 Å². The van der Waals surface area contributed by atoms with Crippen molar-refractivity contribution in [2.24, 2.45) is 0 Å². The Bertz CT molecular complexity index is 373. The second-order valence-electron chi connectivity index (χ2n) is 3.17. The Balaban J connectivity index is 3.16. The molecule has 0 saturated heterocycles. The second-order valence-corrected chi connectivity index (χ2v) is 3.82. The molecule has 1 rings (SSSR count). The summed E-state index contributed by atoms with van der Waals surface area (Å²) in [6, 6.07) is 1.64. The molecule has 2 atom stereocenters. The fourth-order valence-corrected chi connectivity index (χ4v) is 1.60. The second kappa shape index (κ2) is 5.56. The summed E-state index contributed by atoms with van der Waals surface area (Å²) in [4.78, 5) is 0. The lowest BCUT2D eigenvalue weighted by Gasteiger charge is -2.18. The quantitative estimate of drug-likeness (QED) is 0.833. The van der Waals surface area contributed by atoms with Crippen LogP contribution in [0.3, 0.4) is 0 Å². The highest BCUT2D eigenvalue weighted by molar-refractivity contribution is 9.09. The molecule has 2 unspecified atom stereocenters. The third-order valence-corrected chi connectivity index (χ3v) is 2.78. The Morgan fingerprint density at radius 2 is 1.88 bits per heavy atom. The van der Waals surface area contributed by atoms with Crippen molar-refractivity contribution in [2.75, 3.05) is 12.4 Å². The van der Waals surface area contributed by atoms with Gasteiger partial charge in [0.25, 0.3) is 0 Å². The number of hydrogen-bond donors (Lipinski definition) is 2. The van der Waals surface area contributed by atoms with E-state index in [0.29, 0.717) is 0 Å². The number of rotatable bonds is 4. The summed E-state index contributed by atoms with van der Waals surface area (Å²) in [5.41, 5.74) is 0.00773. The van der Waals surface area contributed by atoms with E-state index in [-0.39, 0.29) is 16.6 Å². The number of methoxy groups -OCH3 is 1. The maximum Gasteiger partial charge on any atom is 0.162 e. The Labute approximate surface area is 99.8 Å². The Morgan fingerprint density at radius 3 is 2.38 bits per heavy atom. The zero-order valence-corrected chi connectivity index (χ0v) is 10.0. The van der Waals surface area contributed by atoms with Gasteiger partial charge in [-0.15, -0.1) is 0 Å². The molecule has 6 heteroatoms. The van der Waals surface area contributed by atoms with E-state index in [1.165, 1.54) is 7.11 Å². The topological polar surface area (TPSA) is 49.7 Å². The number of benzene rings is 1. The van der Waals surface area contributed by atoms with Gasteiger partial charge in [-0.1, -0.05) is 15.9 Å². The van der Waals surface area contributed by atoms with Crippen molar-refractivity contribution in [3.8, 4) is 5.75 Å². The van der Waals surface area contributed by atoms with Gasteiger partial charge >= 0.3 is 0 Å². The fraction of sp³-hybridized carbons (Fsp3) is 0.400. The summed E-state index contributed by atoms with van der Waals surface area (Å²) >= 11 is 2.97. The van der Waals surface area contributed by atoms with Crippen LogP contribution in [-0.4, -0.2) is 28.8 Å². The summed E-state index contributed by atoms with van der Waals surface area (Å²) in [5.74, 6) is -2.18. The molecule has 1 aromatic rings. The van der Waals surface area contributed by atoms with Crippen molar-refractivity contribution in [1.29, 1.82) is 0 Å². The highest BCUT2D eigenvalue weighted by Crippen LogP contribution is 2.30. The summed E-state index contributed by atoms with van der Waals surface area (Å²) in [5, 5.41) is 19.2. The summed E-state index contributed by atoms with van der Waals surface area (Å²) in [7, 11) is 1.27. The first-order valence-electron chi connectivity index (χ1n) is 4.46. The van der Waals surface area contributed by atoms with Gasteiger partial charge in [0.2, 0.25) is 0 Å². The molecule has 0 aliphatic carbocycles. The van der Waals surface area contributed by atoms with Crippen LogP contribution < -0.4 is 4.74 Å². The summed E-state index contributed by atoms with van der Waals surface area (Å²) in [6.07, 6.45) is -2.47. The molecule has 0 bridgehead atoms. The standard InChI is InChI=1S/C10H11BrF2O3/c1-16-9-3-7(13)6(12)2-5(9)10(15)8(14)4-11/h2-3,8,10,14-15H,4H2,1H3. The largest absolute Gasteiger partial charge is 0.496 e. The van der Waals surface area contributed by atoms with E-state index in [1.54, 1.807) is 0 Å². The predicted octanol–water partition coefficient (Wildman–Crippen LogP) is 1.76. The van der Waals surface area contributed by atoms with E-state index in [2.05, 4.69) is 15.9 Å². The van der Waals surface area contributed by atoms with Crippen molar-refractivity contribution in [3.05, 3.63) is 29.3 Å². The molecule has 3 nitrogen and oxygen atoms in total. The average molecular weight is 297 g/mol. The minimum absolute atomic E-state index is 0.00773. The van der Waals surface area contributed by atoms with Crippen molar-refractivity contribution in [3.63, 3.8) is 0 Å². The van der Waals surface area contributed by atoms with Crippen LogP contribution in [-0.2, 0) is 0 Å². The minimum atomic E-state index is -1.34. The molecule has 0 amide bonds. The average Bonchev–Trinajstić information content (AvgIpc) is 2.30. The highest BCUT2D eigenvalue weighted by Gasteiger charge is 2.23. The van der Waals surface area contributed by atoms with Gasteiger partial charge in [-0.05, 0) is 6.07 Å². The van der Waals surface area contributed by atoms with Gasteiger partial charge in [0.05, 0.1) is 13.2 Å². The van der Waals surface area contributed by atoms with Crippen molar-refractivity contribution in [1.82, 2.24) is 0 Å². The molecule has 0 spiro atoms. The van der Waals surface area contributed by atoms with Crippen LogP contribution in [0.5, 0.6) is 5.75 Å². The van der Waals surface area contributed by atoms with Gasteiger partial charge < -0.3 is 14.9 Å². The molecule has 0 radical (unpaired) electrons. The van der Waals surface area contributed by atoms with Crippen LogP contribution in [0.2, 0.25) is 0 Å². The maximum atomic E-state index is 13.0. The molecule has 0 heterocycles. The van der Waals surface area contributed by atoms with Crippen LogP contribution in [0.15, 0.2) is 12.1 Å². The molecule has 0 fully saturated rings. The Kier molecular flexibility index (Phi) is 4.64. The van der Waals surface area contributed by atoms with Crippen molar-refractivity contribution >= 4 is 15.9 Å². The zero-order chi connectivity index (χ0) is 12.3. The van der Waals surface area contributed by atoms with Gasteiger partial charge in [0.15, 0.2) is 11.6 Å². The first kappa shape index (κ1) is 13.3. The molecule has 0 aromatic heterocycles. The predicted molar refractivity (Wildman–Crippen MR) is 57.7 cm³/mol. The first-order chi connectivity index (χ1) is 7.51. The van der Waals surface area contributed by atoms with Gasteiger partial charge in [-0.25, -0.2) is 8.78 Å². The fourth-order valence-electron chi connectivity index (χ4n) is 1.24. The zero-order valence-electron chi connectivity index (χ0n) is 8.45. The van der Waals surface area contributed by atoms with E-state index in [1.807, 2.05) is 0 Å². The van der Waals surface area contributed by atoms with Crippen LogP contribution in [0.1, 0.15) is 11.7 Å². The third kappa shape index (κ3) is 2.69. The van der Waals surface area contributed by atoms with E-state index >= 15 is 0 Å². The smallest absolute Gasteiger partial charge is 0.162 e. The van der Waals surface area contributed by atoms with Crippen LogP contribution in [0.25, 0.3) is 0 Å². The molecule has 1 aromatic carbocycles. The molecule has 90 valence electrons. The van der Waals surface area contributed by atoms with E-state index in [9.17, 15) is 19.0 Å². The highest BCUT2D eigenvalue weighted by atomic mass is 79.9. The molecule has 16 heavy (non-hydrogen) atoms. The van der Waals surface area contributed by atoms with E-state index in [4.69, 9.17) is 4.74 Å². The number of hydrogen-bond acceptors (Lipinski definition) is 3. The lowest BCUT2D eigenvalue weighted by molar-refractivity contribution is 0.0324. The molecular formula is C10H11BrF2O3. The molecule has 0 saturated carbocycles. The van der Waals surface area contributed by atoms with E-state index < -0.39 is 23.8 Å². The van der Waals surface area contributed by atoms with Gasteiger partial charge in [0.1, 0.15) is 11.9 Å². The SMILES string of the molecule is COc1cc(F)c(F)cc1C(O)C(O)CBr. The first-order valence-corrected chi connectivity index (χ1v) is 5.58. The van der Waals surface area contributed by atoms with Gasteiger partial charge in [0, 0.05) is 17.0 Å². The summed E-state index contributed by atoms with van der Waals surface area (Å²) < 4.78 is 30.7. The minimum Gasteiger partial charge on any atom is -0.496 e. The van der Waals surface area contributed by atoms with Gasteiger partial charge in [-0.3, -0.25) is 0 Å². The van der Waals surface area contributed by atoms with Crippen molar-refractivity contribution < 1.29 is 23.7 Å². The lowest BCUT2D eigenvalue weighted by atomic mass is 10.0. The maximum absolute atomic E-state index is 13.0. The van der Waals surface area contributed by atoms with Crippen LogP contribution in [0, 0.1) is 11.6 Å². The number of aliphatic hydroxyl groups is 2. The lowest BCUT2D eigenvalue weighted by Crippen LogP contribution is -2.20.